The van der Waals surface area contributed by atoms with Gasteiger partial charge in [0.1, 0.15) is 17.8 Å². The summed E-state index contributed by atoms with van der Waals surface area (Å²) in [7, 11) is -4.27. The summed E-state index contributed by atoms with van der Waals surface area (Å²) in [6.45, 7) is 1.36. The molecule has 0 fully saturated rings. The molecule has 1 aromatic rings. The number of hydrogen-bond acceptors (Lipinski definition) is 6. The van der Waals surface area contributed by atoms with Crippen LogP contribution in [0.4, 0.5) is 10.5 Å². The molecule has 3 rings (SSSR count). The van der Waals surface area contributed by atoms with E-state index in [2.05, 4.69) is 11.4 Å². The first-order chi connectivity index (χ1) is 13.3. The Hall–Kier alpha value is -2.39. The zero-order valence-corrected chi connectivity index (χ0v) is 16.6. The summed E-state index contributed by atoms with van der Waals surface area (Å²) < 4.78 is 31.6. The molecule has 28 heavy (non-hydrogen) atoms. The maximum Gasteiger partial charge on any atom is 0.333 e. The predicted octanol–water partition coefficient (Wildman–Crippen LogP) is 2.00. The van der Waals surface area contributed by atoms with E-state index < -0.39 is 27.1 Å². The van der Waals surface area contributed by atoms with Crippen LogP contribution in [0, 0.1) is 5.41 Å². The molecule has 2 aliphatic carbocycles. The van der Waals surface area contributed by atoms with Crippen LogP contribution in [-0.4, -0.2) is 38.5 Å². The topological polar surface area (TPSA) is 129 Å². The van der Waals surface area contributed by atoms with Gasteiger partial charge in [0, 0.05) is 11.9 Å². The van der Waals surface area contributed by atoms with Crippen LogP contribution in [0.1, 0.15) is 42.0 Å². The SMILES string of the molecule is CC(O)CO/C=C(/C=N)S(=O)(=O)NC(=O)Nc1c2c(cc3c1CCC3)CCC2. The highest BCUT2D eigenvalue weighted by molar-refractivity contribution is 7.94. The van der Waals surface area contributed by atoms with Crippen molar-refractivity contribution in [3.05, 3.63) is 39.5 Å². The number of benzene rings is 1. The smallest absolute Gasteiger partial charge is 0.333 e. The molecule has 4 N–H and O–H groups in total. The van der Waals surface area contributed by atoms with E-state index in [0.29, 0.717) is 6.21 Å². The quantitative estimate of drug-likeness (QED) is 0.406. The Morgan fingerprint density at radius 1 is 1.25 bits per heavy atom. The van der Waals surface area contributed by atoms with Crippen molar-refractivity contribution in [2.75, 3.05) is 11.9 Å². The normalized spacial score (nSPS) is 16.9. The first-order valence-electron chi connectivity index (χ1n) is 9.32. The Kier molecular flexibility index (Phi) is 6.04. The zero-order chi connectivity index (χ0) is 20.3. The summed E-state index contributed by atoms with van der Waals surface area (Å²) in [4.78, 5) is 11.9. The molecule has 0 aromatic heterocycles. The number of aryl methyl sites for hydroxylation is 2. The van der Waals surface area contributed by atoms with Crippen LogP contribution < -0.4 is 10.0 Å². The third-order valence-corrected chi connectivity index (χ3v) is 6.22. The van der Waals surface area contributed by atoms with E-state index in [4.69, 9.17) is 15.3 Å². The number of carbonyl (C=O) groups is 1. The molecule has 152 valence electrons. The second-order valence-electron chi connectivity index (χ2n) is 7.14. The molecule has 2 aliphatic rings. The van der Waals surface area contributed by atoms with Crippen molar-refractivity contribution in [2.45, 2.75) is 51.6 Å². The van der Waals surface area contributed by atoms with Gasteiger partial charge >= 0.3 is 6.03 Å². The van der Waals surface area contributed by atoms with Gasteiger partial charge in [-0.05, 0) is 67.7 Å². The number of anilines is 1. The summed E-state index contributed by atoms with van der Waals surface area (Å²) in [6.07, 6.45) is 6.35. The molecule has 8 nitrogen and oxygen atoms in total. The second kappa shape index (κ2) is 8.32. The lowest BCUT2D eigenvalue weighted by molar-refractivity contribution is 0.0975. The lowest BCUT2D eigenvalue weighted by Crippen LogP contribution is -2.36. The van der Waals surface area contributed by atoms with Gasteiger partial charge in [-0.2, -0.15) is 0 Å². The number of sulfonamides is 1. The third-order valence-electron chi connectivity index (χ3n) is 4.93. The minimum Gasteiger partial charge on any atom is -0.497 e. The van der Waals surface area contributed by atoms with Crippen LogP contribution in [0.15, 0.2) is 17.2 Å². The fourth-order valence-corrected chi connectivity index (χ4v) is 4.49. The fourth-order valence-electron chi connectivity index (χ4n) is 3.73. The summed E-state index contributed by atoms with van der Waals surface area (Å²) in [5.74, 6) is 0. The van der Waals surface area contributed by atoms with Crippen molar-refractivity contribution in [2.24, 2.45) is 0 Å². The van der Waals surface area contributed by atoms with Crippen molar-refractivity contribution in [3.63, 3.8) is 0 Å². The lowest BCUT2D eigenvalue weighted by atomic mass is 9.99. The number of urea groups is 1. The molecule has 0 saturated carbocycles. The van der Waals surface area contributed by atoms with Gasteiger partial charge in [0.05, 0.1) is 6.10 Å². The molecule has 0 heterocycles. The van der Waals surface area contributed by atoms with Gasteiger partial charge < -0.3 is 20.6 Å². The molecule has 0 radical (unpaired) electrons. The second-order valence-corrected chi connectivity index (χ2v) is 8.82. The van der Waals surface area contributed by atoms with Gasteiger partial charge in [-0.15, -0.1) is 0 Å². The van der Waals surface area contributed by atoms with Crippen LogP contribution in [0.2, 0.25) is 0 Å². The summed E-state index contributed by atoms with van der Waals surface area (Å²) in [5, 5.41) is 19.2. The Morgan fingerprint density at radius 2 is 1.86 bits per heavy atom. The largest absolute Gasteiger partial charge is 0.497 e. The first kappa shape index (κ1) is 20.3. The molecule has 1 unspecified atom stereocenters. The Labute approximate surface area is 164 Å². The van der Waals surface area contributed by atoms with Crippen LogP contribution in [-0.2, 0) is 40.4 Å². The number of aliphatic hydroxyl groups excluding tert-OH is 1. The number of allylic oxidation sites excluding steroid dienone is 1. The average Bonchev–Trinajstić information content (AvgIpc) is 3.26. The van der Waals surface area contributed by atoms with E-state index in [9.17, 15) is 13.2 Å². The molecule has 1 aromatic carbocycles. The van der Waals surface area contributed by atoms with E-state index in [1.165, 1.54) is 18.1 Å². The molecular formula is C19H25N3O5S. The van der Waals surface area contributed by atoms with Gasteiger partial charge in [0.2, 0.25) is 0 Å². The lowest BCUT2D eigenvalue weighted by Gasteiger charge is -2.16. The Morgan fingerprint density at radius 3 is 2.39 bits per heavy atom. The van der Waals surface area contributed by atoms with Crippen molar-refractivity contribution < 1.29 is 23.1 Å². The number of rotatable bonds is 7. The molecule has 0 bridgehead atoms. The summed E-state index contributed by atoms with van der Waals surface area (Å²) >= 11 is 0. The van der Waals surface area contributed by atoms with E-state index in [0.717, 1.165) is 61.6 Å². The molecule has 9 heteroatoms. The number of fused-ring (bicyclic) bond motifs is 2. The molecule has 1 atom stereocenters. The van der Waals surface area contributed by atoms with Crippen molar-refractivity contribution in [3.8, 4) is 0 Å². The number of aliphatic hydroxyl groups is 1. The highest BCUT2D eigenvalue weighted by Gasteiger charge is 2.26. The number of ether oxygens (including phenoxy) is 1. The van der Waals surface area contributed by atoms with Crippen molar-refractivity contribution >= 4 is 28.0 Å². The maximum absolute atomic E-state index is 12.4. The van der Waals surface area contributed by atoms with Crippen LogP contribution in [0.3, 0.4) is 0 Å². The van der Waals surface area contributed by atoms with Gasteiger partial charge in [-0.1, -0.05) is 6.07 Å². The highest BCUT2D eigenvalue weighted by atomic mass is 32.2. The number of amides is 2. The number of carbonyl (C=O) groups excluding carboxylic acids is 1. The average molecular weight is 407 g/mol. The van der Waals surface area contributed by atoms with E-state index in [1.54, 1.807) is 0 Å². The number of hydrogen-bond donors (Lipinski definition) is 4. The van der Waals surface area contributed by atoms with E-state index in [-0.39, 0.29) is 6.61 Å². The first-order valence-corrected chi connectivity index (χ1v) is 10.8. The number of nitrogens with one attached hydrogen (secondary N) is 3. The summed E-state index contributed by atoms with van der Waals surface area (Å²) in [6, 6.07) is 1.36. The Bertz CT molecular complexity index is 890. The molecule has 0 aliphatic heterocycles. The highest BCUT2D eigenvalue weighted by Crippen LogP contribution is 2.38. The molecular weight excluding hydrogens is 382 g/mol. The van der Waals surface area contributed by atoms with E-state index in [1.807, 2.05) is 4.72 Å². The third kappa shape index (κ3) is 4.36. The van der Waals surface area contributed by atoms with Gasteiger partial charge in [0.25, 0.3) is 10.0 Å². The zero-order valence-electron chi connectivity index (χ0n) is 15.7. The monoisotopic (exact) mass is 407 g/mol. The fraction of sp³-hybridized carbons (Fsp3) is 0.474. The maximum atomic E-state index is 12.4. The molecule has 0 saturated heterocycles. The minimum atomic E-state index is -4.27. The minimum absolute atomic E-state index is 0.124. The van der Waals surface area contributed by atoms with E-state index >= 15 is 0 Å². The molecule has 0 spiro atoms. The summed E-state index contributed by atoms with van der Waals surface area (Å²) in [5.41, 5.74) is 5.38. The van der Waals surface area contributed by atoms with Gasteiger partial charge in [-0.25, -0.2) is 17.9 Å². The van der Waals surface area contributed by atoms with Crippen LogP contribution >= 0.6 is 0 Å². The molecule has 2 amide bonds. The van der Waals surface area contributed by atoms with Crippen LogP contribution in [0.5, 0.6) is 0 Å². The predicted molar refractivity (Wildman–Crippen MR) is 106 cm³/mol. The van der Waals surface area contributed by atoms with Gasteiger partial charge in [-0.3, -0.25) is 0 Å². The van der Waals surface area contributed by atoms with Crippen LogP contribution in [0.25, 0.3) is 0 Å². The standard InChI is InChI=1S/C19H25N3O5S/c1-12(23)10-27-11-15(9-20)28(25,26)22-19(24)21-18-16-6-2-4-13(16)8-14-5-3-7-17(14)18/h8-9,11-12,20,23H,2-7,10H2,1H3,(H2,21,22,24)/b15-11-,20-9?. The van der Waals surface area contributed by atoms with Crippen molar-refractivity contribution in [1.82, 2.24) is 4.72 Å². The van der Waals surface area contributed by atoms with Crippen molar-refractivity contribution in [1.29, 1.82) is 5.41 Å². The van der Waals surface area contributed by atoms with Gasteiger partial charge in [0.15, 0.2) is 0 Å². The Balaban J connectivity index is 1.77.